The van der Waals surface area contributed by atoms with Gasteiger partial charge in [-0.15, -0.1) is 0 Å². The van der Waals surface area contributed by atoms with Gasteiger partial charge >= 0.3 is 0 Å². The van der Waals surface area contributed by atoms with Crippen LogP contribution in [0.3, 0.4) is 0 Å². The highest BCUT2D eigenvalue weighted by atomic mass is 32.2. The minimum Gasteiger partial charge on any atom is -0.495 e. The van der Waals surface area contributed by atoms with Crippen LogP contribution in [-0.2, 0) is 9.84 Å². The summed E-state index contributed by atoms with van der Waals surface area (Å²) in [5, 5.41) is 5.70. The molecule has 1 aliphatic carbocycles. The molecule has 0 bridgehead atoms. The lowest BCUT2D eigenvalue weighted by molar-refractivity contribution is 0.411. The predicted molar refractivity (Wildman–Crippen MR) is 146 cm³/mol. The molecular formula is C28H36N4O3S. The average molecular weight is 512 g/mol. The molecule has 2 N–H and O–H groups in total. The van der Waals surface area contributed by atoms with Crippen molar-refractivity contribution in [3.63, 3.8) is 0 Å². The summed E-state index contributed by atoms with van der Waals surface area (Å²) >= 11 is 0. The van der Waals surface area contributed by atoms with Gasteiger partial charge in [-0.3, -0.25) is 0 Å². The molecule has 0 aliphatic heterocycles. The van der Waals surface area contributed by atoms with Gasteiger partial charge in [0.05, 0.1) is 32.7 Å². The van der Waals surface area contributed by atoms with E-state index in [0.29, 0.717) is 28.7 Å². The van der Waals surface area contributed by atoms with Crippen molar-refractivity contribution >= 4 is 33.0 Å². The van der Waals surface area contributed by atoms with E-state index in [4.69, 9.17) is 8.85 Å². The summed E-state index contributed by atoms with van der Waals surface area (Å²) in [6.07, 6.45) is 7.31. The Morgan fingerprint density at radius 1 is 1.03 bits per heavy atom. The third-order valence-electron chi connectivity index (χ3n) is 6.81. The molecule has 8 heteroatoms. The van der Waals surface area contributed by atoms with Crippen molar-refractivity contribution in [1.82, 2.24) is 9.97 Å². The van der Waals surface area contributed by atoms with Crippen LogP contribution in [-0.4, -0.2) is 30.7 Å². The standard InChI is InChI=1S/C28H36N4O3S/c1-18(2)36(33,34)26-14-10-9-13-23(26)30-27-20(4)17-29-28(32-27)31-24-15-19(3)22(16-25(24)35-5)21-11-7-6-8-12-21/h9-10,13-18,21H,6-8,11-12H2,1-5H3,(H2,29,30,31,32)/i5D3. The number of methoxy groups -OCH3 is 1. The van der Waals surface area contributed by atoms with Crippen LogP contribution >= 0.6 is 0 Å². The number of aryl methyl sites for hydroxylation is 2. The van der Waals surface area contributed by atoms with Crippen LogP contribution in [0.4, 0.5) is 23.1 Å². The molecule has 1 aliphatic rings. The molecule has 7 nitrogen and oxygen atoms in total. The number of nitrogens with zero attached hydrogens (tertiary/aromatic N) is 2. The summed E-state index contributed by atoms with van der Waals surface area (Å²) in [6, 6.07) is 10.4. The molecule has 1 heterocycles. The third-order valence-corrected chi connectivity index (χ3v) is 9.02. The summed E-state index contributed by atoms with van der Waals surface area (Å²) in [6.45, 7) is 7.12. The third kappa shape index (κ3) is 5.48. The van der Waals surface area contributed by atoms with Crippen LogP contribution < -0.4 is 15.4 Å². The first-order valence-corrected chi connectivity index (χ1v) is 13.9. The number of anilines is 4. The Hall–Kier alpha value is -3.13. The highest BCUT2D eigenvalue weighted by Crippen LogP contribution is 2.39. The van der Waals surface area contributed by atoms with E-state index in [1.165, 1.54) is 6.42 Å². The van der Waals surface area contributed by atoms with Crippen molar-refractivity contribution in [1.29, 1.82) is 0 Å². The zero-order valence-corrected chi connectivity index (χ0v) is 22.1. The minimum absolute atomic E-state index is 0.190. The van der Waals surface area contributed by atoms with Crippen LogP contribution in [0.5, 0.6) is 5.75 Å². The highest BCUT2D eigenvalue weighted by Gasteiger charge is 2.23. The van der Waals surface area contributed by atoms with Crippen molar-refractivity contribution in [2.45, 2.75) is 75.9 Å². The maximum Gasteiger partial charge on any atom is 0.229 e. The van der Waals surface area contributed by atoms with Crippen LogP contribution in [0.15, 0.2) is 47.5 Å². The fourth-order valence-electron chi connectivity index (χ4n) is 4.69. The van der Waals surface area contributed by atoms with Crippen LogP contribution in [0.25, 0.3) is 0 Å². The molecule has 4 rings (SSSR count). The molecule has 3 aromatic rings. The Balaban J connectivity index is 1.68. The van der Waals surface area contributed by atoms with Gasteiger partial charge in [-0.1, -0.05) is 31.4 Å². The monoisotopic (exact) mass is 511 g/mol. The second-order valence-electron chi connectivity index (χ2n) is 9.71. The molecule has 0 saturated heterocycles. The van der Waals surface area contributed by atoms with Gasteiger partial charge in [-0.25, -0.2) is 13.4 Å². The lowest BCUT2D eigenvalue weighted by Gasteiger charge is -2.25. The number of para-hydroxylation sites is 1. The summed E-state index contributed by atoms with van der Waals surface area (Å²) in [4.78, 5) is 9.15. The second-order valence-corrected chi connectivity index (χ2v) is 12.2. The van der Waals surface area contributed by atoms with E-state index in [0.717, 1.165) is 36.8 Å². The molecule has 0 unspecified atom stereocenters. The fourth-order valence-corrected chi connectivity index (χ4v) is 5.89. The van der Waals surface area contributed by atoms with Gasteiger partial charge in [-0.2, -0.15) is 4.98 Å². The Labute approximate surface area is 218 Å². The van der Waals surface area contributed by atoms with Crippen LogP contribution in [0.2, 0.25) is 0 Å². The Morgan fingerprint density at radius 3 is 2.50 bits per heavy atom. The number of aromatic nitrogens is 2. The molecule has 0 amide bonds. The predicted octanol–water partition coefficient (Wildman–Crippen LogP) is 6.82. The normalized spacial score (nSPS) is 16.2. The molecule has 1 fully saturated rings. The topological polar surface area (TPSA) is 93.2 Å². The van der Waals surface area contributed by atoms with Gasteiger partial charge < -0.3 is 15.4 Å². The Kier molecular flexibility index (Phi) is 6.67. The van der Waals surface area contributed by atoms with Crippen LogP contribution in [0.1, 0.15) is 72.7 Å². The first-order valence-electron chi connectivity index (χ1n) is 13.9. The van der Waals surface area contributed by atoms with E-state index >= 15 is 0 Å². The summed E-state index contributed by atoms with van der Waals surface area (Å²) in [5.74, 6) is 1.23. The van der Waals surface area contributed by atoms with Crippen molar-refractivity contribution in [3.8, 4) is 5.75 Å². The number of ether oxygens (including phenoxy) is 1. The number of rotatable bonds is 8. The second kappa shape index (κ2) is 10.9. The number of benzene rings is 2. The number of hydrogen-bond acceptors (Lipinski definition) is 7. The van der Waals surface area contributed by atoms with Crippen molar-refractivity contribution in [2.24, 2.45) is 0 Å². The maximum atomic E-state index is 12.9. The van der Waals surface area contributed by atoms with E-state index in [9.17, 15) is 8.42 Å². The number of nitrogens with one attached hydrogen (secondary N) is 2. The molecule has 0 radical (unpaired) electrons. The zero-order chi connectivity index (χ0) is 28.4. The molecule has 36 heavy (non-hydrogen) atoms. The molecule has 2 aromatic carbocycles. The average Bonchev–Trinajstić information content (AvgIpc) is 2.87. The number of sulfone groups is 1. The van der Waals surface area contributed by atoms with Gasteiger partial charge in [0, 0.05) is 11.8 Å². The van der Waals surface area contributed by atoms with Gasteiger partial charge in [0.25, 0.3) is 0 Å². The summed E-state index contributed by atoms with van der Waals surface area (Å²) in [5.41, 5.74) is 3.72. The van der Waals surface area contributed by atoms with E-state index in [1.54, 1.807) is 44.3 Å². The van der Waals surface area contributed by atoms with Crippen molar-refractivity contribution in [3.05, 3.63) is 59.3 Å². The van der Waals surface area contributed by atoms with E-state index in [-0.39, 0.29) is 16.6 Å². The number of hydrogen-bond donors (Lipinski definition) is 2. The van der Waals surface area contributed by atoms with E-state index in [2.05, 4.69) is 20.6 Å². The smallest absolute Gasteiger partial charge is 0.229 e. The van der Waals surface area contributed by atoms with E-state index in [1.807, 2.05) is 26.0 Å². The fraction of sp³-hybridized carbons (Fsp3) is 0.429. The summed E-state index contributed by atoms with van der Waals surface area (Å²) < 4.78 is 54.3. The molecule has 192 valence electrons. The minimum atomic E-state index is -3.53. The lowest BCUT2D eigenvalue weighted by Crippen LogP contribution is -2.16. The zero-order valence-electron chi connectivity index (χ0n) is 24.3. The molecule has 0 spiro atoms. The molecule has 1 aromatic heterocycles. The van der Waals surface area contributed by atoms with Gasteiger partial charge in [0.2, 0.25) is 5.95 Å². The quantitative estimate of drug-likeness (QED) is 0.343. The van der Waals surface area contributed by atoms with Gasteiger partial charge in [0.1, 0.15) is 11.6 Å². The SMILES string of the molecule is [2H]C([2H])([2H])Oc1cc(C2CCCCC2)c(C)cc1Nc1ncc(C)c(Nc2ccccc2S(=O)(=O)C(C)C)n1. The molecule has 1 saturated carbocycles. The Morgan fingerprint density at radius 2 is 1.78 bits per heavy atom. The molecular weight excluding hydrogens is 472 g/mol. The van der Waals surface area contributed by atoms with Crippen molar-refractivity contribution in [2.75, 3.05) is 17.7 Å². The first kappa shape index (κ1) is 22.1. The van der Waals surface area contributed by atoms with E-state index < -0.39 is 22.1 Å². The highest BCUT2D eigenvalue weighted by molar-refractivity contribution is 7.92. The maximum absolute atomic E-state index is 12.9. The largest absolute Gasteiger partial charge is 0.495 e. The van der Waals surface area contributed by atoms with Gasteiger partial charge in [0.15, 0.2) is 9.84 Å². The summed E-state index contributed by atoms with van der Waals surface area (Å²) in [7, 11) is -6.15. The lowest BCUT2D eigenvalue weighted by atomic mass is 9.82. The Bertz CT molecular complexity index is 1440. The van der Waals surface area contributed by atoms with Crippen LogP contribution in [0, 0.1) is 13.8 Å². The van der Waals surface area contributed by atoms with Crippen molar-refractivity contribution < 1.29 is 17.3 Å². The molecule has 0 atom stereocenters. The first-order chi connectivity index (χ1) is 18.3. The van der Waals surface area contributed by atoms with Gasteiger partial charge in [-0.05, 0) is 81.8 Å².